The minimum atomic E-state index is 0.639. The largest absolute Gasteiger partial charge is 0.493 e. The Bertz CT molecular complexity index is 430. The van der Waals surface area contributed by atoms with Crippen molar-refractivity contribution in [3.63, 3.8) is 0 Å². The van der Waals surface area contributed by atoms with Gasteiger partial charge in [0.15, 0.2) is 0 Å². The summed E-state index contributed by atoms with van der Waals surface area (Å²) in [5.41, 5.74) is 1.43. The Morgan fingerprint density at radius 1 is 1.12 bits per heavy atom. The van der Waals surface area contributed by atoms with E-state index < -0.39 is 0 Å². The number of rotatable bonds is 7. The molecule has 0 saturated heterocycles. The Hall–Kier alpha value is -1.31. The van der Waals surface area contributed by atoms with Crippen LogP contribution in [0.15, 0.2) is 24.3 Å². The SMILES string of the molecule is CCC(C)Cc1ccc(OCC2CCC(C)CC2)cc1.CCC=O. The fourth-order valence-electron chi connectivity index (χ4n) is 2.98. The highest BCUT2D eigenvalue weighted by atomic mass is 16.5. The average Bonchev–Trinajstić information content (AvgIpc) is 2.62. The van der Waals surface area contributed by atoms with Gasteiger partial charge in [0, 0.05) is 6.42 Å². The summed E-state index contributed by atoms with van der Waals surface area (Å²) in [7, 11) is 0. The summed E-state index contributed by atoms with van der Waals surface area (Å²) < 4.78 is 5.97. The first-order valence-corrected chi connectivity index (χ1v) is 9.74. The van der Waals surface area contributed by atoms with Crippen molar-refractivity contribution in [1.82, 2.24) is 0 Å². The van der Waals surface area contributed by atoms with Crippen LogP contribution in [0.3, 0.4) is 0 Å². The lowest BCUT2D eigenvalue weighted by atomic mass is 9.83. The highest BCUT2D eigenvalue weighted by Gasteiger charge is 2.18. The van der Waals surface area contributed by atoms with E-state index in [1.54, 1.807) is 0 Å². The average molecular weight is 333 g/mol. The molecule has 0 heterocycles. The number of aldehydes is 1. The first-order chi connectivity index (χ1) is 11.6. The third kappa shape index (κ3) is 8.52. The molecule has 0 bridgehead atoms. The van der Waals surface area contributed by atoms with Crippen LogP contribution in [0.25, 0.3) is 0 Å². The summed E-state index contributed by atoms with van der Waals surface area (Å²) in [6.07, 6.45) is 9.37. The maximum atomic E-state index is 9.17. The minimum Gasteiger partial charge on any atom is -0.493 e. The maximum absolute atomic E-state index is 9.17. The highest BCUT2D eigenvalue weighted by molar-refractivity contribution is 5.48. The zero-order valence-electron chi connectivity index (χ0n) is 16.1. The molecule has 0 aromatic heterocycles. The first kappa shape index (κ1) is 20.7. The second-order valence-electron chi connectivity index (χ2n) is 7.37. The van der Waals surface area contributed by atoms with Crippen LogP contribution in [-0.2, 0) is 11.2 Å². The van der Waals surface area contributed by atoms with Gasteiger partial charge in [0.2, 0.25) is 0 Å². The van der Waals surface area contributed by atoms with Crippen molar-refractivity contribution < 1.29 is 9.53 Å². The number of ether oxygens (including phenoxy) is 1. The molecule has 0 amide bonds. The van der Waals surface area contributed by atoms with Crippen molar-refractivity contribution in [2.45, 2.75) is 72.6 Å². The molecule has 1 aromatic rings. The number of benzene rings is 1. The molecule has 2 nitrogen and oxygen atoms in total. The standard InChI is InChI=1S/C19H30O.C3H6O/c1-4-15(2)13-17-9-11-19(12-10-17)20-14-18-7-5-16(3)6-8-18;1-2-3-4/h9-12,15-16,18H,4-8,13-14H2,1-3H3;3H,2H2,1H3. The third-order valence-electron chi connectivity index (χ3n) is 4.99. The second kappa shape index (κ2) is 12.1. The molecule has 1 atom stereocenters. The van der Waals surface area contributed by atoms with Crippen LogP contribution in [0.2, 0.25) is 0 Å². The molecule has 2 rings (SSSR count). The lowest BCUT2D eigenvalue weighted by Gasteiger charge is -2.26. The quantitative estimate of drug-likeness (QED) is 0.566. The predicted octanol–water partition coefficient (Wildman–Crippen LogP) is 6.08. The zero-order chi connectivity index (χ0) is 17.8. The number of hydrogen-bond donors (Lipinski definition) is 0. The molecule has 1 aliphatic carbocycles. The molecular weight excluding hydrogens is 296 g/mol. The van der Waals surface area contributed by atoms with Gasteiger partial charge in [-0.25, -0.2) is 0 Å². The molecule has 136 valence electrons. The molecule has 0 spiro atoms. The lowest BCUT2D eigenvalue weighted by Crippen LogP contribution is -2.18. The number of hydrogen-bond acceptors (Lipinski definition) is 2. The van der Waals surface area contributed by atoms with Gasteiger partial charge in [-0.3, -0.25) is 0 Å². The molecule has 24 heavy (non-hydrogen) atoms. The normalized spacial score (nSPS) is 21.3. The summed E-state index contributed by atoms with van der Waals surface area (Å²) in [6, 6.07) is 8.74. The van der Waals surface area contributed by atoms with E-state index in [1.165, 1.54) is 44.1 Å². The van der Waals surface area contributed by atoms with E-state index in [0.717, 1.165) is 36.4 Å². The van der Waals surface area contributed by atoms with Crippen molar-refractivity contribution >= 4 is 6.29 Å². The van der Waals surface area contributed by atoms with Crippen LogP contribution < -0.4 is 4.74 Å². The van der Waals surface area contributed by atoms with Crippen molar-refractivity contribution in [3.05, 3.63) is 29.8 Å². The number of carbonyl (C=O) groups is 1. The topological polar surface area (TPSA) is 26.3 Å². The number of carbonyl (C=O) groups excluding carboxylic acids is 1. The molecule has 0 aliphatic heterocycles. The van der Waals surface area contributed by atoms with Gasteiger partial charge in [-0.1, -0.05) is 59.1 Å². The zero-order valence-corrected chi connectivity index (χ0v) is 16.1. The van der Waals surface area contributed by atoms with Crippen LogP contribution in [0.5, 0.6) is 5.75 Å². The summed E-state index contributed by atoms with van der Waals surface area (Å²) in [6.45, 7) is 9.65. The van der Waals surface area contributed by atoms with E-state index in [1.807, 2.05) is 6.92 Å². The van der Waals surface area contributed by atoms with E-state index in [2.05, 4.69) is 45.0 Å². The van der Waals surface area contributed by atoms with Gasteiger partial charge < -0.3 is 9.53 Å². The molecule has 1 aliphatic rings. The predicted molar refractivity (Wildman–Crippen MR) is 103 cm³/mol. The molecule has 0 N–H and O–H groups in total. The van der Waals surface area contributed by atoms with Crippen LogP contribution >= 0.6 is 0 Å². The summed E-state index contributed by atoms with van der Waals surface area (Å²) in [4.78, 5) is 9.17. The second-order valence-corrected chi connectivity index (χ2v) is 7.37. The maximum Gasteiger partial charge on any atom is 0.119 e. The van der Waals surface area contributed by atoms with Gasteiger partial charge in [0.1, 0.15) is 12.0 Å². The van der Waals surface area contributed by atoms with E-state index in [-0.39, 0.29) is 0 Å². The molecular formula is C22H36O2. The van der Waals surface area contributed by atoms with Gasteiger partial charge in [-0.2, -0.15) is 0 Å². The Morgan fingerprint density at radius 2 is 1.71 bits per heavy atom. The van der Waals surface area contributed by atoms with Gasteiger partial charge in [-0.05, 0) is 54.7 Å². The molecule has 1 unspecified atom stereocenters. The van der Waals surface area contributed by atoms with Crippen molar-refractivity contribution in [2.24, 2.45) is 17.8 Å². The summed E-state index contributed by atoms with van der Waals surface area (Å²) in [5.74, 6) is 3.50. The Morgan fingerprint density at radius 3 is 2.21 bits per heavy atom. The van der Waals surface area contributed by atoms with Crippen LogP contribution in [-0.4, -0.2) is 12.9 Å². The van der Waals surface area contributed by atoms with E-state index in [4.69, 9.17) is 4.74 Å². The molecule has 0 radical (unpaired) electrons. The molecule has 1 fully saturated rings. The molecule has 1 aromatic carbocycles. The van der Waals surface area contributed by atoms with Crippen LogP contribution in [0, 0.1) is 17.8 Å². The Kier molecular flexibility index (Phi) is 10.5. The smallest absolute Gasteiger partial charge is 0.119 e. The van der Waals surface area contributed by atoms with Gasteiger partial charge in [-0.15, -0.1) is 0 Å². The fraction of sp³-hybridized carbons (Fsp3) is 0.682. The van der Waals surface area contributed by atoms with Crippen molar-refractivity contribution in [1.29, 1.82) is 0 Å². The fourth-order valence-corrected chi connectivity index (χ4v) is 2.98. The van der Waals surface area contributed by atoms with Crippen LogP contribution in [0.4, 0.5) is 0 Å². The Labute approximate surface area is 149 Å². The molecule has 2 heteroatoms. The molecule has 1 saturated carbocycles. The van der Waals surface area contributed by atoms with E-state index in [9.17, 15) is 4.79 Å². The van der Waals surface area contributed by atoms with Crippen molar-refractivity contribution in [2.75, 3.05) is 6.61 Å². The summed E-state index contributed by atoms with van der Waals surface area (Å²) in [5, 5.41) is 0. The Balaban J connectivity index is 0.000000648. The highest BCUT2D eigenvalue weighted by Crippen LogP contribution is 2.28. The minimum absolute atomic E-state index is 0.639. The van der Waals surface area contributed by atoms with Gasteiger partial charge in [0.05, 0.1) is 6.61 Å². The first-order valence-electron chi connectivity index (χ1n) is 9.74. The van der Waals surface area contributed by atoms with E-state index >= 15 is 0 Å². The summed E-state index contributed by atoms with van der Waals surface area (Å²) >= 11 is 0. The van der Waals surface area contributed by atoms with Gasteiger partial charge >= 0.3 is 0 Å². The van der Waals surface area contributed by atoms with Gasteiger partial charge in [0.25, 0.3) is 0 Å². The van der Waals surface area contributed by atoms with Crippen molar-refractivity contribution in [3.8, 4) is 5.75 Å². The monoisotopic (exact) mass is 332 g/mol. The lowest BCUT2D eigenvalue weighted by molar-refractivity contribution is -0.107. The van der Waals surface area contributed by atoms with E-state index in [0.29, 0.717) is 6.42 Å². The van der Waals surface area contributed by atoms with Crippen LogP contribution in [0.1, 0.15) is 71.8 Å². The third-order valence-corrected chi connectivity index (χ3v) is 4.99.